The third kappa shape index (κ3) is 5.68. The van der Waals surface area contributed by atoms with Gasteiger partial charge in [-0.15, -0.1) is 0 Å². The summed E-state index contributed by atoms with van der Waals surface area (Å²) in [5, 5.41) is 9.58. The molecule has 0 aliphatic rings. The van der Waals surface area contributed by atoms with Crippen molar-refractivity contribution in [2.45, 2.75) is 64.1 Å². The second-order valence-electron chi connectivity index (χ2n) is 4.95. The Kier molecular flexibility index (Phi) is 6.99. The fraction of sp³-hybridized carbons (Fsp3) is 0.714. The normalized spacial score (nSPS) is 12.6. The van der Waals surface area contributed by atoms with Crippen molar-refractivity contribution >= 4 is 17.7 Å². The molecule has 1 aromatic rings. The van der Waals surface area contributed by atoms with Gasteiger partial charge in [-0.05, 0) is 20.3 Å². The maximum Gasteiger partial charge on any atom is 0.313 e. The Bertz CT molecular complexity index is 404. The lowest BCUT2D eigenvalue weighted by Gasteiger charge is -2.15. The number of aryl methyl sites for hydroxylation is 1. The summed E-state index contributed by atoms with van der Waals surface area (Å²) >= 11 is 1.30. The van der Waals surface area contributed by atoms with Crippen LogP contribution >= 0.6 is 11.8 Å². The number of aromatic nitrogens is 2. The number of unbranched alkanes of at least 4 members (excludes halogenated alkanes) is 3. The van der Waals surface area contributed by atoms with E-state index < -0.39 is 5.97 Å². The summed E-state index contributed by atoms with van der Waals surface area (Å²) in [7, 11) is 0. The first-order chi connectivity index (χ1) is 9.04. The first-order valence-electron chi connectivity index (χ1n) is 6.94. The molecule has 0 amide bonds. The van der Waals surface area contributed by atoms with Crippen LogP contribution in [0.4, 0.5) is 0 Å². The van der Waals surface area contributed by atoms with Crippen LogP contribution < -0.4 is 0 Å². The van der Waals surface area contributed by atoms with Crippen LogP contribution in [0.25, 0.3) is 0 Å². The van der Waals surface area contributed by atoms with Gasteiger partial charge in [-0.3, -0.25) is 4.79 Å². The minimum absolute atomic E-state index is 0.0685. The number of carboxylic acids is 1. The second kappa shape index (κ2) is 8.25. The number of carboxylic acid groups (broad SMARTS) is 1. The number of imidazole rings is 1. The molecule has 0 saturated heterocycles. The summed E-state index contributed by atoms with van der Waals surface area (Å²) in [5.41, 5.74) is 0.952. The zero-order valence-corrected chi connectivity index (χ0v) is 12.9. The van der Waals surface area contributed by atoms with Gasteiger partial charge in [0, 0.05) is 12.2 Å². The van der Waals surface area contributed by atoms with Gasteiger partial charge in [-0.2, -0.15) is 0 Å². The van der Waals surface area contributed by atoms with Gasteiger partial charge in [0.05, 0.1) is 11.4 Å². The number of carbonyl (C=O) groups is 1. The van der Waals surface area contributed by atoms with Gasteiger partial charge in [0.2, 0.25) is 0 Å². The maximum atomic E-state index is 10.6. The molecule has 4 nitrogen and oxygen atoms in total. The van der Waals surface area contributed by atoms with Crippen molar-refractivity contribution in [1.82, 2.24) is 9.55 Å². The fourth-order valence-electron chi connectivity index (χ4n) is 2.05. The predicted octanol–water partition coefficient (Wildman–Crippen LogP) is 3.90. The summed E-state index contributed by atoms with van der Waals surface area (Å²) in [5.74, 6) is -0.730. The van der Waals surface area contributed by atoms with Crippen molar-refractivity contribution in [3.63, 3.8) is 0 Å². The molecule has 0 aliphatic carbocycles. The van der Waals surface area contributed by atoms with Gasteiger partial charge >= 0.3 is 5.97 Å². The molecule has 1 heterocycles. The molecule has 0 aromatic carbocycles. The smallest absolute Gasteiger partial charge is 0.313 e. The topological polar surface area (TPSA) is 55.1 Å². The van der Waals surface area contributed by atoms with Crippen molar-refractivity contribution in [1.29, 1.82) is 0 Å². The summed E-state index contributed by atoms with van der Waals surface area (Å²) in [6, 6.07) is 0.384. The molecule has 5 heteroatoms. The Morgan fingerprint density at radius 3 is 2.84 bits per heavy atom. The molecule has 1 rings (SSSR count). The largest absolute Gasteiger partial charge is 0.481 e. The van der Waals surface area contributed by atoms with Gasteiger partial charge in [-0.25, -0.2) is 4.98 Å². The standard InChI is InChI=1S/C14H24N2O2S/c1-4-5-6-7-8-12(3)16-9-11(2)15-14(16)19-10-13(17)18/h9,12H,4-8,10H2,1-3H3,(H,17,18). The molecule has 0 radical (unpaired) electrons. The summed E-state index contributed by atoms with van der Waals surface area (Å²) < 4.78 is 2.12. The molecule has 108 valence electrons. The molecule has 0 aliphatic heterocycles. The minimum atomic E-state index is -0.798. The number of aliphatic carboxylic acids is 1. The Morgan fingerprint density at radius 1 is 1.47 bits per heavy atom. The molecule has 1 atom stereocenters. The predicted molar refractivity (Wildman–Crippen MR) is 78.8 cm³/mol. The van der Waals surface area contributed by atoms with E-state index in [-0.39, 0.29) is 5.75 Å². The number of hydrogen-bond donors (Lipinski definition) is 1. The van der Waals surface area contributed by atoms with E-state index >= 15 is 0 Å². The molecular weight excluding hydrogens is 260 g/mol. The Labute approximate surface area is 119 Å². The van der Waals surface area contributed by atoms with E-state index in [1.54, 1.807) is 0 Å². The van der Waals surface area contributed by atoms with Gasteiger partial charge in [-0.1, -0.05) is 44.4 Å². The lowest BCUT2D eigenvalue weighted by molar-refractivity contribution is -0.133. The lowest BCUT2D eigenvalue weighted by Crippen LogP contribution is -2.07. The van der Waals surface area contributed by atoms with E-state index in [9.17, 15) is 4.79 Å². The number of hydrogen-bond acceptors (Lipinski definition) is 3. The minimum Gasteiger partial charge on any atom is -0.481 e. The molecule has 0 saturated carbocycles. The van der Waals surface area contributed by atoms with Crippen LogP contribution in [0.1, 0.15) is 57.7 Å². The highest BCUT2D eigenvalue weighted by Crippen LogP contribution is 2.24. The molecule has 19 heavy (non-hydrogen) atoms. The molecule has 1 unspecified atom stereocenters. The van der Waals surface area contributed by atoms with Crippen LogP contribution in [0, 0.1) is 6.92 Å². The van der Waals surface area contributed by atoms with Crippen LogP contribution in [0.2, 0.25) is 0 Å². The molecule has 1 aromatic heterocycles. The molecule has 0 bridgehead atoms. The third-order valence-corrected chi connectivity index (χ3v) is 4.05. The van der Waals surface area contributed by atoms with Crippen LogP contribution in [0.5, 0.6) is 0 Å². The monoisotopic (exact) mass is 284 g/mol. The number of thioether (sulfide) groups is 1. The Balaban J connectivity index is 2.57. The van der Waals surface area contributed by atoms with Gasteiger partial charge < -0.3 is 9.67 Å². The highest BCUT2D eigenvalue weighted by Gasteiger charge is 2.13. The molecule has 1 N–H and O–H groups in total. The average Bonchev–Trinajstić information content (AvgIpc) is 2.73. The van der Waals surface area contributed by atoms with Crippen LogP contribution in [-0.2, 0) is 4.79 Å². The molecule has 0 spiro atoms. The van der Waals surface area contributed by atoms with Crippen LogP contribution in [0.3, 0.4) is 0 Å². The highest BCUT2D eigenvalue weighted by atomic mass is 32.2. The summed E-state index contributed by atoms with van der Waals surface area (Å²) in [6.07, 6.45) is 8.17. The van der Waals surface area contributed by atoms with E-state index in [0.29, 0.717) is 6.04 Å². The van der Waals surface area contributed by atoms with Gasteiger partial charge in [0.15, 0.2) is 5.16 Å². The van der Waals surface area contributed by atoms with Crippen molar-refractivity contribution in [3.05, 3.63) is 11.9 Å². The second-order valence-corrected chi connectivity index (χ2v) is 5.90. The Hall–Kier alpha value is -0.970. The van der Waals surface area contributed by atoms with Gasteiger partial charge in [0.25, 0.3) is 0 Å². The van der Waals surface area contributed by atoms with E-state index in [1.807, 2.05) is 13.1 Å². The molecular formula is C14H24N2O2S. The van der Waals surface area contributed by atoms with Crippen LogP contribution in [-0.4, -0.2) is 26.4 Å². The van der Waals surface area contributed by atoms with Crippen molar-refractivity contribution in [2.24, 2.45) is 0 Å². The van der Waals surface area contributed by atoms with Crippen molar-refractivity contribution < 1.29 is 9.90 Å². The lowest BCUT2D eigenvalue weighted by atomic mass is 10.1. The van der Waals surface area contributed by atoms with Crippen molar-refractivity contribution in [3.8, 4) is 0 Å². The van der Waals surface area contributed by atoms with E-state index in [1.165, 1.54) is 37.4 Å². The maximum absolute atomic E-state index is 10.6. The molecule has 0 fully saturated rings. The fourth-order valence-corrected chi connectivity index (χ4v) is 2.89. The highest BCUT2D eigenvalue weighted by molar-refractivity contribution is 7.99. The zero-order valence-electron chi connectivity index (χ0n) is 12.1. The van der Waals surface area contributed by atoms with Crippen LogP contribution in [0.15, 0.2) is 11.4 Å². The quantitative estimate of drug-likeness (QED) is 0.552. The summed E-state index contributed by atoms with van der Waals surface area (Å²) in [6.45, 7) is 6.34. The van der Waals surface area contributed by atoms with E-state index in [0.717, 1.165) is 17.3 Å². The van der Waals surface area contributed by atoms with Crippen molar-refractivity contribution in [2.75, 3.05) is 5.75 Å². The number of rotatable bonds is 9. The summed E-state index contributed by atoms with van der Waals surface area (Å²) in [4.78, 5) is 15.1. The first kappa shape index (κ1) is 16.1. The van der Waals surface area contributed by atoms with E-state index in [4.69, 9.17) is 5.11 Å². The van der Waals surface area contributed by atoms with Gasteiger partial charge in [0.1, 0.15) is 0 Å². The number of nitrogens with zero attached hydrogens (tertiary/aromatic N) is 2. The average molecular weight is 284 g/mol. The SMILES string of the molecule is CCCCCCC(C)n1cc(C)nc1SCC(=O)O. The third-order valence-electron chi connectivity index (χ3n) is 3.09. The van der Waals surface area contributed by atoms with E-state index in [2.05, 4.69) is 23.4 Å². The zero-order chi connectivity index (χ0) is 14.3. The first-order valence-corrected chi connectivity index (χ1v) is 7.93. The Morgan fingerprint density at radius 2 is 2.21 bits per heavy atom.